The zero-order chi connectivity index (χ0) is 19.3. The van der Waals surface area contributed by atoms with Crippen LogP contribution in [0.5, 0.6) is 5.75 Å². The maximum Gasteiger partial charge on any atom is 0.143 e. The van der Waals surface area contributed by atoms with Crippen LogP contribution in [0, 0.1) is 0 Å². The average Bonchev–Trinajstić information content (AvgIpc) is 2.81. The van der Waals surface area contributed by atoms with Crippen LogP contribution in [0.3, 0.4) is 0 Å². The van der Waals surface area contributed by atoms with Gasteiger partial charge in [-0.1, -0.05) is 83.8 Å². The smallest absolute Gasteiger partial charge is 0.143 e. The number of nitrogens with zero attached hydrogens (tertiary/aromatic N) is 1. The van der Waals surface area contributed by atoms with Crippen LogP contribution in [0.25, 0.3) is 0 Å². The van der Waals surface area contributed by atoms with Crippen LogP contribution in [0.2, 0.25) is 0 Å². The number of rotatable bonds is 13. The van der Waals surface area contributed by atoms with Gasteiger partial charge in [-0.25, -0.2) is 0 Å². The predicted molar refractivity (Wildman–Crippen MR) is 119 cm³/mol. The van der Waals surface area contributed by atoms with Gasteiger partial charge in [-0.3, -0.25) is 0 Å². The molecular weight excluding hydrogens is 330 g/mol. The molecule has 1 aromatic carbocycles. The highest BCUT2D eigenvalue weighted by atomic mass is 16.5. The van der Waals surface area contributed by atoms with Gasteiger partial charge in [0.15, 0.2) is 0 Å². The lowest BCUT2D eigenvalue weighted by Crippen LogP contribution is -2.19. The fraction of sp³-hybridized carbons (Fsp3) is 0.680. The van der Waals surface area contributed by atoms with Crippen LogP contribution >= 0.6 is 0 Å². The van der Waals surface area contributed by atoms with E-state index in [1.54, 1.807) is 0 Å². The van der Waals surface area contributed by atoms with Crippen molar-refractivity contribution in [1.82, 2.24) is 0 Å². The SMILES string of the molecule is CCCCCCCCC1Oc2ccccc2N(C)C=C1CCCCCCC. The number of para-hydroxylation sites is 2. The molecule has 2 nitrogen and oxygen atoms in total. The minimum absolute atomic E-state index is 0.244. The van der Waals surface area contributed by atoms with Crippen molar-refractivity contribution in [3.05, 3.63) is 36.0 Å². The molecule has 0 fully saturated rings. The van der Waals surface area contributed by atoms with E-state index in [0.29, 0.717) is 0 Å². The third kappa shape index (κ3) is 7.60. The van der Waals surface area contributed by atoms with E-state index in [0.717, 1.165) is 12.2 Å². The summed E-state index contributed by atoms with van der Waals surface area (Å²) in [5.74, 6) is 1.04. The largest absolute Gasteiger partial charge is 0.484 e. The second-order valence-corrected chi connectivity index (χ2v) is 8.11. The minimum atomic E-state index is 0.244. The molecule has 2 rings (SSSR count). The van der Waals surface area contributed by atoms with Crippen LogP contribution < -0.4 is 9.64 Å². The molecular formula is C25H41NO. The maximum absolute atomic E-state index is 6.54. The topological polar surface area (TPSA) is 12.5 Å². The van der Waals surface area contributed by atoms with Crippen molar-refractivity contribution in [3.63, 3.8) is 0 Å². The molecule has 1 aromatic rings. The van der Waals surface area contributed by atoms with Gasteiger partial charge >= 0.3 is 0 Å². The van der Waals surface area contributed by atoms with Crippen LogP contribution in [0.4, 0.5) is 5.69 Å². The summed E-state index contributed by atoms with van der Waals surface area (Å²) in [5, 5.41) is 0. The van der Waals surface area contributed by atoms with Gasteiger partial charge in [-0.05, 0) is 43.4 Å². The van der Waals surface area contributed by atoms with E-state index in [-0.39, 0.29) is 6.10 Å². The lowest BCUT2D eigenvalue weighted by molar-refractivity contribution is 0.219. The van der Waals surface area contributed by atoms with Crippen molar-refractivity contribution in [3.8, 4) is 5.75 Å². The molecule has 0 spiro atoms. The molecule has 0 saturated heterocycles. The summed E-state index contributed by atoms with van der Waals surface area (Å²) in [6, 6.07) is 8.48. The quantitative estimate of drug-likeness (QED) is 0.327. The lowest BCUT2D eigenvalue weighted by atomic mass is 9.97. The summed E-state index contributed by atoms with van der Waals surface area (Å²) < 4.78 is 6.54. The van der Waals surface area contributed by atoms with Gasteiger partial charge in [-0.15, -0.1) is 0 Å². The van der Waals surface area contributed by atoms with E-state index in [2.05, 4.69) is 56.3 Å². The Morgan fingerprint density at radius 2 is 1.44 bits per heavy atom. The van der Waals surface area contributed by atoms with Crippen molar-refractivity contribution in [2.75, 3.05) is 11.9 Å². The van der Waals surface area contributed by atoms with Gasteiger partial charge in [-0.2, -0.15) is 0 Å². The Balaban J connectivity index is 1.95. The Kier molecular flexibility index (Phi) is 10.4. The molecule has 1 aliphatic heterocycles. The first-order chi connectivity index (χ1) is 13.3. The van der Waals surface area contributed by atoms with E-state index < -0.39 is 0 Å². The van der Waals surface area contributed by atoms with Crippen molar-refractivity contribution in [2.24, 2.45) is 0 Å². The van der Waals surface area contributed by atoms with E-state index >= 15 is 0 Å². The van der Waals surface area contributed by atoms with E-state index in [9.17, 15) is 0 Å². The van der Waals surface area contributed by atoms with E-state index in [4.69, 9.17) is 4.74 Å². The number of hydrogen-bond donors (Lipinski definition) is 0. The Morgan fingerprint density at radius 3 is 2.19 bits per heavy atom. The second kappa shape index (κ2) is 12.9. The number of hydrogen-bond acceptors (Lipinski definition) is 2. The van der Waals surface area contributed by atoms with Crippen LogP contribution in [0.1, 0.15) is 97.3 Å². The molecule has 0 bridgehead atoms. The maximum atomic E-state index is 6.54. The highest BCUT2D eigenvalue weighted by molar-refractivity contribution is 5.61. The van der Waals surface area contributed by atoms with E-state index in [1.807, 2.05) is 0 Å². The first kappa shape index (κ1) is 21.9. The van der Waals surface area contributed by atoms with Crippen molar-refractivity contribution >= 4 is 5.69 Å². The molecule has 0 saturated carbocycles. The van der Waals surface area contributed by atoms with E-state index in [1.165, 1.54) is 88.3 Å². The molecule has 152 valence electrons. The monoisotopic (exact) mass is 371 g/mol. The average molecular weight is 372 g/mol. The zero-order valence-electron chi connectivity index (χ0n) is 18.0. The van der Waals surface area contributed by atoms with Crippen molar-refractivity contribution in [2.45, 2.75) is 103 Å². The molecule has 1 aliphatic rings. The fourth-order valence-corrected chi connectivity index (χ4v) is 3.99. The van der Waals surface area contributed by atoms with Gasteiger partial charge in [0.05, 0.1) is 5.69 Å². The number of ether oxygens (including phenoxy) is 1. The summed E-state index contributed by atoms with van der Waals surface area (Å²) in [7, 11) is 2.16. The molecule has 0 aliphatic carbocycles. The number of benzene rings is 1. The van der Waals surface area contributed by atoms with Crippen LogP contribution in [-0.2, 0) is 0 Å². The molecule has 0 amide bonds. The normalized spacial score (nSPS) is 16.5. The number of unbranched alkanes of at least 4 members (excludes halogenated alkanes) is 9. The molecule has 1 heterocycles. The summed E-state index contributed by atoms with van der Waals surface area (Å²) >= 11 is 0. The molecule has 1 atom stereocenters. The van der Waals surface area contributed by atoms with Gasteiger partial charge in [0.2, 0.25) is 0 Å². The molecule has 0 aromatic heterocycles. The Labute approximate surface area is 168 Å². The van der Waals surface area contributed by atoms with Gasteiger partial charge in [0.1, 0.15) is 11.9 Å². The van der Waals surface area contributed by atoms with Crippen LogP contribution in [0.15, 0.2) is 36.0 Å². The molecule has 1 unspecified atom stereocenters. The Bertz CT molecular complexity index is 551. The lowest BCUT2D eigenvalue weighted by Gasteiger charge is -2.21. The highest BCUT2D eigenvalue weighted by Crippen LogP contribution is 2.35. The standard InChI is InChI=1S/C25H41NO/c1-4-6-8-10-12-14-19-24-22(17-13-11-9-7-5-2)21-26(3)23-18-15-16-20-25(23)27-24/h15-16,18,20-21,24H,4-14,17,19H2,1-3H3. The van der Waals surface area contributed by atoms with Gasteiger partial charge < -0.3 is 9.64 Å². The first-order valence-electron chi connectivity index (χ1n) is 11.4. The van der Waals surface area contributed by atoms with Crippen LogP contribution in [-0.4, -0.2) is 13.2 Å². The third-order valence-corrected chi connectivity index (χ3v) is 5.68. The minimum Gasteiger partial charge on any atom is -0.484 e. The molecule has 2 heteroatoms. The zero-order valence-corrected chi connectivity index (χ0v) is 18.0. The summed E-state index contributed by atoms with van der Waals surface area (Å²) in [5.41, 5.74) is 2.67. The second-order valence-electron chi connectivity index (χ2n) is 8.11. The molecule has 0 N–H and O–H groups in total. The Morgan fingerprint density at radius 1 is 0.815 bits per heavy atom. The summed E-state index contributed by atoms with van der Waals surface area (Å²) in [6.07, 6.45) is 19.6. The van der Waals surface area contributed by atoms with Gasteiger partial charge in [0.25, 0.3) is 0 Å². The highest BCUT2D eigenvalue weighted by Gasteiger charge is 2.22. The van der Waals surface area contributed by atoms with Crippen molar-refractivity contribution < 1.29 is 4.74 Å². The summed E-state index contributed by atoms with van der Waals surface area (Å²) in [6.45, 7) is 4.56. The molecule has 0 radical (unpaired) electrons. The van der Waals surface area contributed by atoms with Gasteiger partial charge in [0, 0.05) is 13.2 Å². The number of fused-ring (bicyclic) bond motifs is 1. The fourth-order valence-electron chi connectivity index (χ4n) is 3.99. The summed E-state index contributed by atoms with van der Waals surface area (Å²) in [4.78, 5) is 2.26. The number of anilines is 1. The third-order valence-electron chi connectivity index (χ3n) is 5.68. The predicted octanol–water partition coefficient (Wildman–Crippen LogP) is 7.88. The van der Waals surface area contributed by atoms with Crippen molar-refractivity contribution in [1.29, 1.82) is 0 Å². The first-order valence-corrected chi connectivity index (χ1v) is 11.4. The molecule has 27 heavy (non-hydrogen) atoms. The Hall–Kier alpha value is -1.44.